The molecule has 2 aliphatic rings. The van der Waals surface area contributed by atoms with Crippen molar-refractivity contribution in [3.63, 3.8) is 0 Å². The summed E-state index contributed by atoms with van der Waals surface area (Å²) in [6.45, 7) is 2.84. The lowest BCUT2D eigenvalue weighted by atomic mass is 9.96. The van der Waals surface area contributed by atoms with Crippen molar-refractivity contribution in [2.24, 2.45) is 5.92 Å². The topological polar surface area (TPSA) is 57.7 Å². The highest BCUT2D eigenvalue weighted by Crippen LogP contribution is 2.30. The molecule has 2 heterocycles. The predicted octanol–water partition coefficient (Wildman–Crippen LogP) is 2.35. The van der Waals surface area contributed by atoms with Crippen LogP contribution in [0.2, 0.25) is 0 Å². The molecule has 28 heavy (non-hydrogen) atoms. The lowest BCUT2D eigenvalue weighted by Crippen LogP contribution is -2.51. The molecule has 2 fully saturated rings. The van der Waals surface area contributed by atoms with Crippen molar-refractivity contribution in [2.75, 3.05) is 37.7 Å². The lowest BCUT2D eigenvalue weighted by Gasteiger charge is -2.40. The summed E-state index contributed by atoms with van der Waals surface area (Å²) in [5.41, 5.74) is 2.49. The first-order chi connectivity index (χ1) is 13.5. The molecule has 2 saturated heterocycles. The Hall–Kier alpha value is -2.18. The molecule has 0 bridgehead atoms. The van der Waals surface area contributed by atoms with E-state index in [2.05, 4.69) is 53.4 Å². The third-order valence-electron chi connectivity index (χ3n) is 5.80. The zero-order valence-corrected chi connectivity index (χ0v) is 16.7. The summed E-state index contributed by atoms with van der Waals surface area (Å²) in [6.07, 6.45) is 0.470. The number of piperazine rings is 1. The average Bonchev–Trinajstić information content (AvgIpc) is 3.10. The van der Waals surface area contributed by atoms with E-state index >= 15 is 0 Å². The minimum absolute atomic E-state index is 0.0108. The van der Waals surface area contributed by atoms with Crippen molar-refractivity contribution in [1.29, 1.82) is 0 Å². The maximum Gasteiger partial charge on any atom is 0.226 e. The molecule has 4 rings (SSSR count). The number of carbonyl (C=O) groups excluding carboxylic acids is 1. The molecular weight excluding hydrogens is 372 g/mol. The monoisotopic (exact) mass is 398 g/mol. The minimum Gasteiger partial charge on any atom is -0.340 e. The van der Waals surface area contributed by atoms with E-state index in [1.807, 2.05) is 17.0 Å². The van der Waals surface area contributed by atoms with E-state index in [9.17, 15) is 13.2 Å². The van der Waals surface area contributed by atoms with Gasteiger partial charge in [-0.1, -0.05) is 60.7 Å². The second-order valence-corrected chi connectivity index (χ2v) is 9.91. The fourth-order valence-corrected chi connectivity index (χ4v) is 6.07. The van der Waals surface area contributed by atoms with E-state index in [0.717, 1.165) is 13.1 Å². The standard InChI is InChI=1S/C22H26N2O3S/c25-22(20-11-16-28(26,27)17-20)24-14-12-23(13-15-24)21(18-7-3-1-4-8-18)19-9-5-2-6-10-19/h1-10,20-21H,11-17H2/t20-/m0/s1. The van der Waals surface area contributed by atoms with E-state index in [1.54, 1.807) is 0 Å². The van der Waals surface area contributed by atoms with Gasteiger partial charge in [0.2, 0.25) is 5.91 Å². The highest BCUT2D eigenvalue weighted by molar-refractivity contribution is 7.91. The quantitative estimate of drug-likeness (QED) is 0.793. The second-order valence-electron chi connectivity index (χ2n) is 7.69. The van der Waals surface area contributed by atoms with Crippen LogP contribution in [-0.2, 0) is 14.6 Å². The predicted molar refractivity (Wildman–Crippen MR) is 110 cm³/mol. The Kier molecular flexibility index (Phi) is 5.51. The van der Waals surface area contributed by atoms with Crippen LogP contribution < -0.4 is 0 Å². The van der Waals surface area contributed by atoms with Crippen LogP contribution in [0.1, 0.15) is 23.6 Å². The summed E-state index contributed by atoms with van der Waals surface area (Å²) >= 11 is 0. The van der Waals surface area contributed by atoms with Gasteiger partial charge in [0.25, 0.3) is 0 Å². The number of benzene rings is 2. The Balaban J connectivity index is 1.47. The zero-order chi connectivity index (χ0) is 19.6. The van der Waals surface area contributed by atoms with Crippen LogP contribution in [0, 0.1) is 5.92 Å². The Labute approximate surface area is 166 Å². The van der Waals surface area contributed by atoms with Gasteiger partial charge in [-0.05, 0) is 17.5 Å². The SMILES string of the molecule is O=C([C@H]1CCS(=O)(=O)C1)N1CCN(C(c2ccccc2)c2ccccc2)CC1. The van der Waals surface area contributed by atoms with Gasteiger partial charge in [-0.25, -0.2) is 8.42 Å². The van der Waals surface area contributed by atoms with E-state index in [0.29, 0.717) is 19.5 Å². The Morgan fingerprint density at radius 3 is 1.86 bits per heavy atom. The number of hydrogen-bond donors (Lipinski definition) is 0. The number of hydrogen-bond acceptors (Lipinski definition) is 4. The van der Waals surface area contributed by atoms with Crippen molar-refractivity contribution in [3.05, 3.63) is 71.8 Å². The van der Waals surface area contributed by atoms with Crippen LogP contribution in [0.3, 0.4) is 0 Å². The lowest BCUT2D eigenvalue weighted by molar-refractivity contribution is -0.136. The van der Waals surface area contributed by atoms with Crippen molar-refractivity contribution in [2.45, 2.75) is 12.5 Å². The first-order valence-electron chi connectivity index (χ1n) is 9.87. The van der Waals surface area contributed by atoms with E-state index < -0.39 is 9.84 Å². The number of nitrogens with zero attached hydrogens (tertiary/aromatic N) is 2. The zero-order valence-electron chi connectivity index (χ0n) is 15.9. The summed E-state index contributed by atoms with van der Waals surface area (Å²) in [4.78, 5) is 17.0. The highest BCUT2D eigenvalue weighted by atomic mass is 32.2. The molecule has 0 N–H and O–H groups in total. The number of rotatable bonds is 4. The molecule has 0 saturated carbocycles. The maximum absolute atomic E-state index is 12.7. The Morgan fingerprint density at radius 1 is 0.857 bits per heavy atom. The molecule has 2 aliphatic heterocycles. The molecule has 1 atom stereocenters. The van der Waals surface area contributed by atoms with Crippen LogP contribution in [0.5, 0.6) is 0 Å². The van der Waals surface area contributed by atoms with Gasteiger partial charge in [-0.3, -0.25) is 9.69 Å². The molecule has 2 aromatic rings. The third kappa shape index (κ3) is 4.13. The van der Waals surface area contributed by atoms with E-state index in [-0.39, 0.29) is 29.4 Å². The number of carbonyl (C=O) groups is 1. The van der Waals surface area contributed by atoms with Gasteiger partial charge < -0.3 is 4.90 Å². The van der Waals surface area contributed by atoms with Crippen LogP contribution >= 0.6 is 0 Å². The van der Waals surface area contributed by atoms with E-state index in [1.165, 1.54) is 11.1 Å². The van der Waals surface area contributed by atoms with Gasteiger partial charge in [0.1, 0.15) is 0 Å². The van der Waals surface area contributed by atoms with Crippen molar-refractivity contribution in [1.82, 2.24) is 9.80 Å². The van der Waals surface area contributed by atoms with Gasteiger partial charge in [0.05, 0.1) is 23.5 Å². The van der Waals surface area contributed by atoms with Gasteiger partial charge in [-0.15, -0.1) is 0 Å². The molecule has 148 valence electrons. The molecular formula is C22H26N2O3S. The van der Waals surface area contributed by atoms with Crippen LogP contribution in [0.15, 0.2) is 60.7 Å². The largest absolute Gasteiger partial charge is 0.340 e. The Morgan fingerprint density at radius 2 is 1.39 bits per heavy atom. The molecule has 0 spiro atoms. The molecule has 6 heteroatoms. The van der Waals surface area contributed by atoms with Gasteiger partial charge in [0, 0.05) is 26.2 Å². The fourth-order valence-electron chi connectivity index (χ4n) is 4.33. The summed E-state index contributed by atoms with van der Waals surface area (Å²) < 4.78 is 23.4. The molecule has 2 aromatic carbocycles. The van der Waals surface area contributed by atoms with Crippen molar-refractivity contribution >= 4 is 15.7 Å². The third-order valence-corrected chi connectivity index (χ3v) is 7.57. The molecule has 0 unspecified atom stereocenters. The number of amides is 1. The van der Waals surface area contributed by atoms with Gasteiger partial charge in [0.15, 0.2) is 9.84 Å². The van der Waals surface area contributed by atoms with E-state index in [4.69, 9.17) is 0 Å². The molecule has 0 aromatic heterocycles. The fraction of sp³-hybridized carbons (Fsp3) is 0.409. The molecule has 5 nitrogen and oxygen atoms in total. The summed E-state index contributed by atoms with van der Waals surface area (Å²) in [5, 5.41) is 0. The van der Waals surface area contributed by atoms with Gasteiger partial charge in [-0.2, -0.15) is 0 Å². The van der Waals surface area contributed by atoms with Crippen LogP contribution in [0.25, 0.3) is 0 Å². The normalized spacial score (nSPS) is 22.5. The summed E-state index contributed by atoms with van der Waals surface area (Å²) in [5.74, 6) is -0.178. The average molecular weight is 399 g/mol. The summed E-state index contributed by atoms with van der Waals surface area (Å²) in [6, 6.07) is 21.1. The smallest absolute Gasteiger partial charge is 0.226 e. The molecule has 0 aliphatic carbocycles. The first-order valence-corrected chi connectivity index (χ1v) is 11.7. The Bertz CT molecular complexity index is 868. The number of sulfone groups is 1. The minimum atomic E-state index is -3.03. The summed E-state index contributed by atoms with van der Waals surface area (Å²) in [7, 11) is -3.03. The van der Waals surface area contributed by atoms with Crippen LogP contribution in [0.4, 0.5) is 0 Å². The maximum atomic E-state index is 12.7. The molecule has 0 radical (unpaired) electrons. The van der Waals surface area contributed by atoms with Crippen molar-refractivity contribution < 1.29 is 13.2 Å². The second kappa shape index (κ2) is 8.05. The highest BCUT2D eigenvalue weighted by Gasteiger charge is 2.37. The van der Waals surface area contributed by atoms with Crippen LogP contribution in [-0.4, -0.2) is 61.8 Å². The van der Waals surface area contributed by atoms with Crippen molar-refractivity contribution in [3.8, 4) is 0 Å². The molecule has 1 amide bonds. The first kappa shape index (κ1) is 19.2. The van der Waals surface area contributed by atoms with Gasteiger partial charge >= 0.3 is 0 Å².